The van der Waals surface area contributed by atoms with E-state index < -0.39 is 154 Å². The van der Waals surface area contributed by atoms with Crippen LogP contribution in [0, 0.1) is 17.9 Å². The van der Waals surface area contributed by atoms with Gasteiger partial charge in [0.2, 0.25) is 18.4 Å². The molecule has 0 radical (unpaired) electrons. The summed E-state index contributed by atoms with van der Waals surface area (Å²) in [4.78, 5) is 148. The Balaban J connectivity index is 0.000000285. The molecule has 4 aromatic carbocycles. The van der Waals surface area contributed by atoms with E-state index in [-0.39, 0.29) is 134 Å². The van der Waals surface area contributed by atoms with Crippen molar-refractivity contribution in [1.82, 2.24) is 48.0 Å². The summed E-state index contributed by atoms with van der Waals surface area (Å²) in [5.74, 6) is -3.73. The topological polar surface area (TPSA) is 370 Å². The molecule has 10 rings (SSSR count). The number of rotatable bonds is 40. The molecule has 6 heterocycles. The quantitative estimate of drug-likeness (QED) is 0.0119. The van der Waals surface area contributed by atoms with Gasteiger partial charge in [0.1, 0.15) is 68.0 Å². The molecule has 10 atom stereocenters. The number of imide groups is 2. The lowest BCUT2D eigenvalue weighted by Gasteiger charge is -2.42. The molecule has 38 heteroatoms. The van der Waals surface area contributed by atoms with Crippen LogP contribution in [-0.2, 0) is 55.5 Å². The van der Waals surface area contributed by atoms with Crippen molar-refractivity contribution >= 4 is 92.6 Å². The molecule has 34 nitrogen and oxygen atoms in total. The Hall–Kier alpha value is -9.41. The standard InChI is InChI=1S/2C44H60N7O10PSi/c1-29(2)51(30(3)4)62(58-25-22-45-8)60-38-37(61-63(10,11)44(5,6)7)34(59-42(38)49-23-21-35(47-43(49)56)46-39(53)31-17-13-12-14-18-31)28-57-26-24-48(9)36(52)27-50-40(54)32-19-15-16-20-33(32)41(50)55;1-29(2)51(30(3)4)62(58-25-16-22-45)60-37-34(28-57-26-24-48(8)36(52)27-50-40(54)32-19-14-15-20-33(32)41(50)55)59-42(38(37)61-63(9,10)44(5,6)7)49-23-21-35(47-43(49)56)46-39(53)31-17-12-11-13-18-31/h12-21,23,29-30,34,37-38,42H,22,24-28H2,1-7,9-11H3,(H,46,47,53,56);11-15,17-21,23,29-30,34,37-38,42H,16,24-28H2,1-10H3,(H,46,47,53,56)/t34-,37?,38+,42-,62?;34-,37?,38-,42-,62?/m11/s1. The Labute approximate surface area is 741 Å². The number of carbonyl (C=O) groups excluding carboxylic acids is 8. The minimum atomic E-state index is -2.65. The highest BCUT2D eigenvalue weighted by Gasteiger charge is 2.56. The van der Waals surface area contributed by atoms with Gasteiger partial charge in [0, 0.05) is 74.9 Å². The van der Waals surface area contributed by atoms with Gasteiger partial charge in [0.15, 0.2) is 29.1 Å². The number of amides is 8. The molecule has 0 bridgehead atoms. The third kappa shape index (κ3) is 25.1. The lowest BCUT2D eigenvalue weighted by atomic mass is 10.1. The average molecular weight is 1810 g/mol. The summed E-state index contributed by atoms with van der Waals surface area (Å²) in [5, 5.41) is 14.3. The number of likely N-dealkylation sites (N-methyl/N-ethyl adjacent to an activating group) is 2. The van der Waals surface area contributed by atoms with E-state index in [1.165, 1.54) is 43.5 Å². The number of fused-ring (bicyclic) bond motifs is 2. The van der Waals surface area contributed by atoms with Crippen LogP contribution in [-0.4, -0.2) is 259 Å². The Kier molecular flexibility index (Phi) is 35.5. The SMILES string of the molecule is CC(C)N(C(C)C)P(OCCC#N)OC1[C@@H](O[Si](C)(C)C(C)(C)C)[C@H](n2ccc(NC(=O)c3ccccc3)nc2=O)O[C@@H]1COCCN(C)C(=O)CN1C(=O)c2ccccc2C1=O.[C-]#[N+]CCOP(O[C@H]1C(O[Si](C)(C)C(C)(C)C)[C@@H](COCCN(C)C(=O)CN2C(=O)c3ccccc3C2=O)O[C@H]1n1ccc(NC(=O)c2ccccc2)nc1=O)N(C(C)C)C(C)C. The van der Waals surface area contributed by atoms with Gasteiger partial charge in [-0.15, -0.1) is 0 Å². The van der Waals surface area contributed by atoms with Crippen molar-refractivity contribution in [3.05, 3.63) is 199 Å². The smallest absolute Gasteiger partial charge is 0.351 e. The number of anilines is 2. The summed E-state index contributed by atoms with van der Waals surface area (Å²) in [6, 6.07) is 35.1. The normalized spacial score (nSPS) is 19.5. The fourth-order valence-electron chi connectivity index (χ4n) is 13.7. The maximum absolute atomic E-state index is 14.0. The second kappa shape index (κ2) is 44.5. The van der Waals surface area contributed by atoms with Crippen molar-refractivity contribution in [1.29, 1.82) is 5.26 Å². The summed E-state index contributed by atoms with van der Waals surface area (Å²) < 4.78 is 73.6. The molecule has 2 N–H and O–H groups in total. The highest BCUT2D eigenvalue weighted by atomic mass is 31.2. The molecular formula is C88H120N14O20P2Si2. The number of nitrogens with one attached hydrogen (secondary N) is 2. The maximum Gasteiger partial charge on any atom is 0.351 e. The second-order valence-electron chi connectivity index (χ2n) is 34.9. The van der Waals surface area contributed by atoms with Gasteiger partial charge >= 0.3 is 11.4 Å². The van der Waals surface area contributed by atoms with E-state index in [1.54, 1.807) is 123 Å². The van der Waals surface area contributed by atoms with Gasteiger partial charge in [-0.3, -0.25) is 57.3 Å². The van der Waals surface area contributed by atoms with Crippen LogP contribution in [0.4, 0.5) is 11.6 Å². The van der Waals surface area contributed by atoms with E-state index in [9.17, 15) is 53.2 Å². The van der Waals surface area contributed by atoms with E-state index in [0.29, 0.717) is 11.1 Å². The molecule has 0 aliphatic carbocycles. The summed E-state index contributed by atoms with van der Waals surface area (Å²) in [7, 11) is -5.82. The minimum Gasteiger partial charge on any atom is -0.408 e. The van der Waals surface area contributed by atoms with Gasteiger partial charge in [0.25, 0.3) is 52.5 Å². The molecule has 680 valence electrons. The van der Waals surface area contributed by atoms with Crippen LogP contribution < -0.4 is 22.0 Å². The fraction of sp³-hybridized carbons (Fsp3) is 0.523. The lowest BCUT2D eigenvalue weighted by Crippen LogP contribution is -2.51. The zero-order valence-corrected chi connectivity index (χ0v) is 79.3. The maximum atomic E-state index is 14.0. The van der Waals surface area contributed by atoms with Crippen molar-refractivity contribution in [3.8, 4) is 6.07 Å². The molecule has 8 amide bonds. The largest absolute Gasteiger partial charge is 0.408 e. The molecule has 0 saturated carbocycles. The average Bonchev–Trinajstić information content (AvgIpc) is 1.61. The Bertz CT molecular complexity index is 4920. The Morgan fingerprint density at radius 1 is 0.516 bits per heavy atom. The van der Waals surface area contributed by atoms with Gasteiger partial charge in [-0.25, -0.2) is 25.5 Å². The monoisotopic (exact) mass is 1810 g/mol. The van der Waals surface area contributed by atoms with Crippen LogP contribution in [0.2, 0.25) is 36.3 Å². The van der Waals surface area contributed by atoms with E-state index in [0.717, 1.165) is 9.80 Å². The zero-order valence-electron chi connectivity index (χ0n) is 75.5. The van der Waals surface area contributed by atoms with Gasteiger partial charge in [0.05, 0.1) is 67.8 Å². The molecule has 4 aliphatic rings. The first-order chi connectivity index (χ1) is 59.5. The predicted octanol–water partition coefficient (Wildman–Crippen LogP) is 12.4. The number of hydrogen-bond acceptors (Lipinski definition) is 25. The third-order valence-electron chi connectivity index (χ3n) is 22.4. The Morgan fingerprint density at radius 3 is 1.22 bits per heavy atom. The molecule has 0 spiro atoms. The van der Waals surface area contributed by atoms with Gasteiger partial charge in [-0.2, -0.15) is 15.2 Å². The molecule has 2 fully saturated rings. The van der Waals surface area contributed by atoms with Gasteiger partial charge < -0.3 is 71.2 Å². The summed E-state index contributed by atoms with van der Waals surface area (Å²) >= 11 is 0. The van der Waals surface area contributed by atoms with Crippen LogP contribution in [0.3, 0.4) is 0 Å². The highest BCUT2D eigenvalue weighted by Crippen LogP contribution is 2.54. The van der Waals surface area contributed by atoms with E-state index >= 15 is 0 Å². The van der Waals surface area contributed by atoms with Crippen LogP contribution in [0.15, 0.2) is 143 Å². The number of carbonyl (C=O) groups is 8. The molecular weight excluding hydrogens is 1690 g/mol. The first-order valence-electron chi connectivity index (χ1n) is 42.1. The number of benzene rings is 4. The number of hydrogen-bond donors (Lipinski definition) is 2. The lowest BCUT2D eigenvalue weighted by molar-refractivity contribution is -0.131. The van der Waals surface area contributed by atoms with Crippen molar-refractivity contribution in [3.63, 3.8) is 0 Å². The number of nitrogens with zero attached hydrogens (tertiary/aromatic N) is 12. The van der Waals surface area contributed by atoms with E-state index in [2.05, 4.69) is 109 Å². The van der Waals surface area contributed by atoms with Crippen LogP contribution in [0.25, 0.3) is 4.85 Å². The third-order valence-corrected chi connectivity index (χ3v) is 35.7. The van der Waals surface area contributed by atoms with Gasteiger partial charge in [-0.1, -0.05) is 102 Å². The second-order valence-corrected chi connectivity index (χ2v) is 47.3. The molecule has 2 saturated heterocycles. The van der Waals surface area contributed by atoms with Gasteiger partial charge in [-0.05, 0) is 152 Å². The summed E-state index contributed by atoms with van der Waals surface area (Å²) in [5.41, 5.74) is 0.431. The van der Waals surface area contributed by atoms with Crippen LogP contribution in [0.1, 0.15) is 178 Å². The number of nitriles is 1. The van der Waals surface area contributed by atoms with Crippen LogP contribution in [0.5, 0.6) is 0 Å². The van der Waals surface area contributed by atoms with Crippen molar-refractivity contribution < 1.29 is 84.3 Å². The first-order valence-corrected chi connectivity index (χ1v) is 50.2. The predicted molar refractivity (Wildman–Crippen MR) is 480 cm³/mol. The minimum absolute atomic E-state index is 0.0235. The molecule has 126 heavy (non-hydrogen) atoms. The number of ether oxygens (including phenoxy) is 4. The zero-order chi connectivity index (χ0) is 92.4. The Morgan fingerprint density at radius 2 is 0.865 bits per heavy atom. The summed E-state index contributed by atoms with van der Waals surface area (Å²) in [6.07, 6.45) is -4.22. The molecule has 6 aromatic rings. The highest BCUT2D eigenvalue weighted by molar-refractivity contribution is 7.45. The van der Waals surface area contributed by atoms with E-state index in [1.807, 2.05) is 55.4 Å². The summed E-state index contributed by atoms with van der Waals surface area (Å²) in [6.45, 7) is 44.4. The van der Waals surface area contributed by atoms with Crippen LogP contribution >= 0.6 is 17.1 Å². The molecule has 4 aliphatic heterocycles. The van der Waals surface area contributed by atoms with Crippen molar-refractivity contribution in [2.45, 2.75) is 213 Å². The van der Waals surface area contributed by atoms with Crippen molar-refractivity contribution in [2.75, 3.05) is 97.1 Å². The number of aromatic nitrogens is 4. The molecule has 2 aromatic heterocycles. The van der Waals surface area contributed by atoms with Crippen molar-refractivity contribution in [2.24, 2.45) is 0 Å². The first kappa shape index (κ1) is 100. The fourth-order valence-corrected chi connectivity index (χ4v) is 19.8. The van der Waals surface area contributed by atoms with E-state index in [4.69, 9.17) is 52.5 Å². The molecule has 4 unspecified atom stereocenters.